The fourth-order valence-corrected chi connectivity index (χ4v) is 4.08. The van der Waals surface area contributed by atoms with Crippen LogP contribution in [-0.4, -0.2) is 49.5 Å². The van der Waals surface area contributed by atoms with Crippen molar-refractivity contribution in [1.82, 2.24) is 14.3 Å². The monoisotopic (exact) mass is 343 g/mol. The van der Waals surface area contributed by atoms with Gasteiger partial charge in [0.2, 0.25) is 0 Å². The normalized spacial score (nSPS) is 28.0. The van der Waals surface area contributed by atoms with Crippen LogP contribution in [0.4, 0.5) is 0 Å². The van der Waals surface area contributed by atoms with Gasteiger partial charge in [-0.25, -0.2) is 4.98 Å². The molecule has 2 aromatic rings. The van der Waals surface area contributed by atoms with Crippen molar-refractivity contribution in [3.8, 4) is 0 Å². The number of piperidine rings is 1. The Kier molecular flexibility index (Phi) is 3.08. The fourth-order valence-electron chi connectivity index (χ4n) is 4.08. The second-order valence-corrected chi connectivity index (χ2v) is 7.11. The number of carboxylic acids is 2. The predicted molar refractivity (Wildman–Crippen MR) is 86.2 cm³/mol. The zero-order valence-corrected chi connectivity index (χ0v) is 13.6. The maximum Gasteiger partial charge on any atom is 0.312 e. The van der Waals surface area contributed by atoms with Crippen LogP contribution in [-0.2, 0) is 16.1 Å². The highest BCUT2D eigenvalue weighted by molar-refractivity contribution is 5.94. The first-order valence-corrected chi connectivity index (χ1v) is 7.96. The van der Waals surface area contributed by atoms with E-state index < -0.39 is 22.8 Å². The molecule has 2 aromatic heterocycles. The van der Waals surface area contributed by atoms with E-state index in [0.29, 0.717) is 11.3 Å². The Morgan fingerprint density at radius 1 is 1.20 bits per heavy atom. The third-order valence-electron chi connectivity index (χ3n) is 5.46. The highest BCUT2D eigenvalue weighted by atomic mass is 16.4. The number of likely N-dealkylation sites (tertiary alicyclic amines) is 1. The number of aromatic nitrogens is 2. The molecule has 2 N–H and O–H groups in total. The lowest BCUT2D eigenvalue weighted by atomic mass is 9.97. The number of fused-ring (bicyclic) bond motifs is 2. The Balaban J connectivity index is 1.64. The standard InChI is InChI=1S/C17H17N3O5/c1-10-2-3-20-12(4-10)18-11(5-13(20)21)6-19-8-16(14(22)23)7-17(16,9-19)15(24)25/h2-5H,6-9H2,1H3,(H,22,23)(H,24,25)/t16-,17+. The number of pyridine rings is 1. The second-order valence-electron chi connectivity index (χ2n) is 7.11. The van der Waals surface area contributed by atoms with Gasteiger partial charge in [0.05, 0.1) is 16.5 Å². The lowest BCUT2D eigenvalue weighted by molar-refractivity contribution is -0.151. The van der Waals surface area contributed by atoms with Crippen LogP contribution in [0.25, 0.3) is 5.65 Å². The van der Waals surface area contributed by atoms with E-state index in [4.69, 9.17) is 0 Å². The molecule has 0 amide bonds. The van der Waals surface area contributed by atoms with Gasteiger partial charge in [0.1, 0.15) is 5.65 Å². The van der Waals surface area contributed by atoms with E-state index in [2.05, 4.69) is 4.98 Å². The molecule has 1 aliphatic heterocycles. The van der Waals surface area contributed by atoms with Crippen molar-refractivity contribution in [2.75, 3.05) is 13.1 Å². The van der Waals surface area contributed by atoms with E-state index in [0.717, 1.165) is 5.56 Å². The van der Waals surface area contributed by atoms with E-state index in [9.17, 15) is 24.6 Å². The second kappa shape index (κ2) is 4.89. The summed E-state index contributed by atoms with van der Waals surface area (Å²) in [5.41, 5.74) is -0.653. The fraction of sp³-hybridized carbons (Fsp3) is 0.412. The van der Waals surface area contributed by atoms with Crippen LogP contribution in [0.1, 0.15) is 17.7 Å². The average Bonchev–Trinajstić information content (AvgIpc) is 3.06. The number of carboxylic acid groups (broad SMARTS) is 2. The summed E-state index contributed by atoms with van der Waals surface area (Å²) in [6.45, 7) is 2.47. The molecule has 1 aliphatic carbocycles. The van der Waals surface area contributed by atoms with E-state index in [-0.39, 0.29) is 31.6 Å². The van der Waals surface area contributed by atoms with Crippen molar-refractivity contribution in [3.63, 3.8) is 0 Å². The van der Waals surface area contributed by atoms with Crippen LogP contribution in [0, 0.1) is 17.8 Å². The lowest BCUT2D eigenvalue weighted by Gasteiger charge is -2.19. The Hall–Kier alpha value is -2.74. The minimum atomic E-state index is -1.22. The molecular weight excluding hydrogens is 326 g/mol. The SMILES string of the molecule is Cc1ccn2c(=O)cc(CN3C[C@@]4(C(=O)O)C[C@@]4(C(=O)O)C3)nc2c1. The van der Waals surface area contributed by atoms with Crippen LogP contribution in [0.5, 0.6) is 0 Å². The van der Waals surface area contributed by atoms with Crippen molar-refractivity contribution >= 4 is 17.6 Å². The number of carbonyl (C=O) groups is 2. The number of nitrogens with zero attached hydrogens (tertiary/aromatic N) is 3. The van der Waals surface area contributed by atoms with Gasteiger partial charge in [-0.3, -0.25) is 23.7 Å². The van der Waals surface area contributed by atoms with Crippen molar-refractivity contribution in [1.29, 1.82) is 0 Å². The highest BCUT2D eigenvalue weighted by Gasteiger charge is 2.80. The number of aryl methyl sites for hydroxylation is 1. The van der Waals surface area contributed by atoms with Crippen LogP contribution in [0.2, 0.25) is 0 Å². The molecule has 8 nitrogen and oxygen atoms in total. The summed E-state index contributed by atoms with van der Waals surface area (Å²) < 4.78 is 1.44. The third-order valence-corrected chi connectivity index (χ3v) is 5.46. The summed E-state index contributed by atoms with van der Waals surface area (Å²) in [5.74, 6) is -2.14. The Morgan fingerprint density at radius 2 is 1.84 bits per heavy atom. The van der Waals surface area contributed by atoms with Gasteiger partial charge in [-0.2, -0.15) is 0 Å². The minimum Gasteiger partial charge on any atom is -0.481 e. The van der Waals surface area contributed by atoms with Crippen LogP contribution in [0.3, 0.4) is 0 Å². The molecule has 3 heterocycles. The van der Waals surface area contributed by atoms with E-state index >= 15 is 0 Å². The van der Waals surface area contributed by atoms with Crippen LogP contribution in [0.15, 0.2) is 29.2 Å². The van der Waals surface area contributed by atoms with E-state index in [1.165, 1.54) is 10.5 Å². The van der Waals surface area contributed by atoms with Gasteiger partial charge in [0.15, 0.2) is 0 Å². The molecule has 2 fully saturated rings. The van der Waals surface area contributed by atoms with Gasteiger partial charge in [0.25, 0.3) is 5.56 Å². The molecule has 2 atom stereocenters. The molecule has 130 valence electrons. The van der Waals surface area contributed by atoms with Crippen molar-refractivity contribution in [3.05, 3.63) is 46.0 Å². The largest absolute Gasteiger partial charge is 0.481 e. The molecule has 0 bridgehead atoms. The molecule has 4 rings (SSSR count). The van der Waals surface area contributed by atoms with Gasteiger partial charge in [0, 0.05) is 31.9 Å². The van der Waals surface area contributed by atoms with Gasteiger partial charge in [-0.1, -0.05) is 0 Å². The molecule has 0 aromatic carbocycles. The number of hydrogen-bond acceptors (Lipinski definition) is 5. The smallest absolute Gasteiger partial charge is 0.312 e. The quantitative estimate of drug-likeness (QED) is 0.824. The van der Waals surface area contributed by atoms with Crippen molar-refractivity contribution in [2.45, 2.75) is 19.9 Å². The number of hydrogen-bond donors (Lipinski definition) is 2. The molecule has 1 saturated heterocycles. The summed E-state index contributed by atoms with van der Waals surface area (Å²) in [4.78, 5) is 41.6. The first-order valence-electron chi connectivity index (χ1n) is 7.96. The predicted octanol–water partition coefficient (Wildman–Crippen LogP) is 0.364. The number of aliphatic carboxylic acids is 2. The molecular formula is C17H17N3O5. The third kappa shape index (κ3) is 2.10. The summed E-state index contributed by atoms with van der Waals surface area (Å²) in [6, 6.07) is 5.02. The molecule has 25 heavy (non-hydrogen) atoms. The Bertz CT molecular complexity index is 956. The molecule has 0 unspecified atom stereocenters. The number of rotatable bonds is 4. The average molecular weight is 343 g/mol. The molecule has 1 saturated carbocycles. The van der Waals surface area contributed by atoms with Crippen molar-refractivity contribution in [2.24, 2.45) is 10.8 Å². The summed E-state index contributed by atoms with van der Waals surface area (Å²) in [6.07, 6.45) is 1.82. The molecule has 0 radical (unpaired) electrons. The first kappa shape index (κ1) is 15.8. The summed E-state index contributed by atoms with van der Waals surface area (Å²) in [7, 11) is 0. The Labute approximate surface area is 142 Å². The first-order chi connectivity index (χ1) is 11.8. The Morgan fingerprint density at radius 3 is 2.44 bits per heavy atom. The zero-order chi connectivity index (χ0) is 18.0. The van der Waals surface area contributed by atoms with Crippen molar-refractivity contribution < 1.29 is 19.8 Å². The molecule has 8 heteroatoms. The maximum atomic E-state index is 12.2. The molecule has 2 aliphatic rings. The lowest BCUT2D eigenvalue weighted by Crippen LogP contribution is -2.29. The van der Waals surface area contributed by atoms with E-state index in [1.807, 2.05) is 13.0 Å². The highest BCUT2D eigenvalue weighted by Crippen LogP contribution is 2.68. The van der Waals surface area contributed by atoms with E-state index in [1.54, 1.807) is 17.2 Å². The molecule has 0 spiro atoms. The van der Waals surface area contributed by atoms with Crippen LogP contribution < -0.4 is 5.56 Å². The van der Waals surface area contributed by atoms with Gasteiger partial charge >= 0.3 is 11.9 Å². The maximum absolute atomic E-state index is 12.2. The van der Waals surface area contributed by atoms with Gasteiger partial charge in [-0.05, 0) is 31.0 Å². The summed E-state index contributed by atoms with van der Waals surface area (Å²) >= 11 is 0. The van der Waals surface area contributed by atoms with Gasteiger partial charge < -0.3 is 10.2 Å². The van der Waals surface area contributed by atoms with Crippen LogP contribution >= 0.6 is 0 Å². The zero-order valence-electron chi connectivity index (χ0n) is 13.6. The van der Waals surface area contributed by atoms with Gasteiger partial charge in [-0.15, -0.1) is 0 Å². The topological polar surface area (TPSA) is 112 Å². The summed E-state index contributed by atoms with van der Waals surface area (Å²) in [5, 5.41) is 18.9. The minimum absolute atomic E-state index is 0.156.